The SMILES string of the molecule is CC(=O)O.Nc1nc(N)c2cc(CNc3ccc4cc(Cl)ccc4c3)ccc2n1.O.O. The summed E-state index contributed by atoms with van der Waals surface area (Å²) in [4.78, 5) is 17.2. The lowest BCUT2D eigenvalue weighted by Gasteiger charge is -2.09. The molecule has 0 bridgehead atoms. The van der Waals surface area contributed by atoms with Gasteiger partial charge in [0, 0.05) is 29.6 Å². The van der Waals surface area contributed by atoms with Crippen molar-refractivity contribution >= 4 is 56.7 Å². The molecule has 4 rings (SSSR count). The first-order valence-electron chi connectivity index (χ1n) is 8.76. The fourth-order valence-electron chi connectivity index (χ4n) is 2.86. The second-order valence-electron chi connectivity index (χ2n) is 6.40. The molecule has 0 aliphatic carbocycles. The van der Waals surface area contributed by atoms with Gasteiger partial charge in [-0.25, -0.2) is 4.98 Å². The van der Waals surface area contributed by atoms with Crippen LogP contribution in [0.25, 0.3) is 21.7 Å². The van der Waals surface area contributed by atoms with Gasteiger partial charge in [-0.3, -0.25) is 4.79 Å². The molecule has 0 fully saturated rings. The first-order valence-corrected chi connectivity index (χ1v) is 9.14. The van der Waals surface area contributed by atoms with Gasteiger partial charge in [0.25, 0.3) is 5.97 Å². The van der Waals surface area contributed by atoms with Crippen molar-refractivity contribution < 1.29 is 20.9 Å². The number of nitrogen functional groups attached to an aromatic ring is 2. The van der Waals surface area contributed by atoms with Gasteiger partial charge in [0.2, 0.25) is 5.95 Å². The van der Waals surface area contributed by atoms with Crippen molar-refractivity contribution in [3.05, 3.63) is 65.2 Å². The van der Waals surface area contributed by atoms with E-state index in [1.165, 1.54) is 0 Å². The molecule has 0 saturated carbocycles. The van der Waals surface area contributed by atoms with Crippen molar-refractivity contribution in [3.63, 3.8) is 0 Å². The molecule has 0 aliphatic heterocycles. The maximum atomic E-state index is 9.00. The van der Waals surface area contributed by atoms with Gasteiger partial charge in [-0.2, -0.15) is 4.98 Å². The van der Waals surface area contributed by atoms with Crippen molar-refractivity contribution in [1.29, 1.82) is 0 Å². The van der Waals surface area contributed by atoms with E-state index in [4.69, 9.17) is 33.0 Å². The molecule has 0 atom stereocenters. The molecule has 0 saturated heterocycles. The van der Waals surface area contributed by atoms with Crippen LogP contribution in [0.3, 0.4) is 0 Å². The van der Waals surface area contributed by atoms with E-state index in [-0.39, 0.29) is 16.9 Å². The fraction of sp³-hybridized carbons (Fsp3) is 0.0952. The summed E-state index contributed by atoms with van der Waals surface area (Å²) in [7, 11) is 0. The molecule has 0 amide bonds. The van der Waals surface area contributed by atoms with Crippen molar-refractivity contribution in [2.45, 2.75) is 13.5 Å². The molecule has 10 N–H and O–H groups in total. The van der Waals surface area contributed by atoms with Crippen LogP contribution >= 0.6 is 11.6 Å². The van der Waals surface area contributed by atoms with Crippen LogP contribution in [0.5, 0.6) is 0 Å². The molecule has 31 heavy (non-hydrogen) atoms. The Morgan fingerprint density at radius 1 is 1.00 bits per heavy atom. The number of carboxylic acids is 1. The predicted octanol–water partition coefficient (Wildman–Crippen LogP) is 2.65. The quantitative estimate of drug-likeness (QED) is 0.372. The number of aliphatic carboxylic acids is 1. The second-order valence-corrected chi connectivity index (χ2v) is 6.83. The highest BCUT2D eigenvalue weighted by Gasteiger charge is 2.05. The van der Waals surface area contributed by atoms with Gasteiger partial charge in [-0.1, -0.05) is 29.8 Å². The van der Waals surface area contributed by atoms with Crippen molar-refractivity contribution in [3.8, 4) is 0 Å². The number of fused-ring (bicyclic) bond motifs is 2. The van der Waals surface area contributed by atoms with E-state index in [0.29, 0.717) is 12.4 Å². The first kappa shape index (κ1) is 25.4. The van der Waals surface area contributed by atoms with E-state index >= 15 is 0 Å². The number of aromatic nitrogens is 2. The largest absolute Gasteiger partial charge is 0.481 e. The number of hydrogen-bond donors (Lipinski definition) is 4. The zero-order chi connectivity index (χ0) is 21.0. The minimum atomic E-state index is -0.833. The number of halogens is 1. The molecule has 3 aromatic carbocycles. The monoisotopic (exact) mass is 445 g/mol. The van der Waals surface area contributed by atoms with Crippen LogP contribution in [0.1, 0.15) is 12.5 Å². The lowest BCUT2D eigenvalue weighted by molar-refractivity contribution is -0.134. The number of hydrogen-bond acceptors (Lipinski definition) is 6. The summed E-state index contributed by atoms with van der Waals surface area (Å²) in [5.41, 5.74) is 14.4. The third kappa shape index (κ3) is 6.68. The Labute approximate surface area is 183 Å². The molecule has 10 heteroatoms. The lowest BCUT2D eigenvalue weighted by Crippen LogP contribution is -2.02. The number of carboxylic acid groups (broad SMARTS) is 1. The van der Waals surface area contributed by atoms with Crippen LogP contribution in [0.15, 0.2) is 54.6 Å². The first-order chi connectivity index (χ1) is 13.8. The Balaban J connectivity index is 0.000000741. The summed E-state index contributed by atoms with van der Waals surface area (Å²) in [5.74, 6) is -0.251. The summed E-state index contributed by atoms with van der Waals surface area (Å²) >= 11 is 6.03. The Morgan fingerprint density at radius 2 is 1.65 bits per heavy atom. The van der Waals surface area contributed by atoms with Crippen molar-refractivity contribution in [1.82, 2.24) is 9.97 Å². The predicted molar refractivity (Wildman–Crippen MR) is 125 cm³/mol. The van der Waals surface area contributed by atoms with E-state index in [1.54, 1.807) is 0 Å². The Kier molecular flexibility index (Phi) is 8.95. The highest BCUT2D eigenvalue weighted by atomic mass is 35.5. The molecule has 4 aromatic rings. The van der Waals surface area contributed by atoms with Gasteiger partial charge in [0.05, 0.1) is 5.52 Å². The third-order valence-corrected chi connectivity index (χ3v) is 4.34. The van der Waals surface area contributed by atoms with Crippen LogP contribution in [-0.4, -0.2) is 32.0 Å². The van der Waals surface area contributed by atoms with Crippen LogP contribution in [0.4, 0.5) is 17.5 Å². The van der Waals surface area contributed by atoms with E-state index in [1.807, 2.05) is 42.5 Å². The summed E-state index contributed by atoms with van der Waals surface area (Å²) in [6.45, 7) is 1.75. The normalized spacial score (nSPS) is 9.74. The average Bonchev–Trinajstić information content (AvgIpc) is 2.66. The van der Waals surface area contributed by atoms with Crippen molar-refractivity contribution in [2.75, 3.05) is 16.8 Å². The molecule has 0 spiro atoms. The third-order valence-electron chi connectivity index (χ3n) is 4.11. The summed E-state index contributed by atoms with van der Waals surface area (Å²) in [5, 5.41) is 14.6. The molecule has 0 radical (unpaired) electrons. The zero-order valence-electron chi connectivity index (χ0n) is 16.7. The molecule has 9 nitrogen and oxygen atoms in total. The van der Waals surface area contributed by atoms with E-state index in [2.05, 4.69) is 27.4 Å². The highest BCUT2D eigenvalue weighted by molar-refractivity contribution is 6.31. The smallest absolute Gasteiger partial charge is 0.300 e. The molecule has 0 unspecified atom stereocenters. The minimum absolute atomic E-state index is 0. The fourth-order valence-corrected chi connectivity index (χ4v) is 3.04. The van der Waals surface area contributed by atoms with Crippen LogP contribution < -0.4 is 16.8 Å². The van der Waals surface area contributed by atoms with Crippen LogP contribution in [0, 0.1) is 0 Å². The summed E-state index contributed by atoms with van der Waals surface area (Å²) < 4.78 is 0. The van der Waals surface area contributed by atoms with Crippen LogP contribution in [-0.2, 0) is 11.3 Å². The van der Waals surface area contributed by atoms with Gasteiger partial charge in [-0.15, -0.1) is 0 Å². The number of benzene rings is 3. The average molecular weight is 446 g/mol. The number of nitrogens with one attached hydrogen (secondary N) is 1. The highest BCUT2D eigenvalue weighted by Crippen LogP contribution is 2.24. The van der Waals surface area contributed by atoms with E-state index in [9.17, 15) is 0 Å². The maximum absolute atomic E-state index is 9.00. The van der Waals surface area contributed by atoms with Gasteiger partial charge >= 0.3 is 0 Å². The number of nitrogens with two attached hydrogens (primary N) is 2. The second kappa shape index (κ2) is 10.9. The standard InChI is InChI=1S/C19H16ClN5.C2H4O2.2H2O/c20-14-4-2-13-9-15(5-3-12(13)8-14)23-10-11-1-6-17-16(7-11)18(21)25-19(22)24-17;1-2(3)4;;/h1-9,23H,10H2,(H4,21,22,24,25);1H3,(H,3,4);2*1H2. The van der Waals surface area contributed by atoms with Gasteiger partial charge in [-0.05, 0) is 52.7 Å². The molecule has 164 valence electrons. The minimum Gasteiger partial charge on any atom is -0.481 e. The van der Waals surface area contributed by atoms with Gasteiger partial charge in [0.1, 0.15) is 5.82 Å². The molecule has 1 heterocycles. The molecule has 0 aliphatic rings. The number of anilines is 3. The Bertz CT molecular complexity index is 1200. The molecular formula is C21H24ClN5O4. The molecule has 1 aromatic heterocycles. The van der Waals surface area contributed by atoms with Gasteiger partial charge in [0.15, 0.2) is 0 Å². The maximum Gasteiger partial charge on any atom is 0.300 e. The lowest BCUT2D eigenvalue weighted by atomic mass is 10.1. The van der Waals surface area contributed by atoms with Crippen LogP contribution in [0.2, 0.25) is 5.02 Å². The number of nitrogens with zero attached hydrogens (tertiary/aromatic N) is 2. The van der Waals surface area contributed by atoms with Gasteiger partial charge < -0.3 is 32.8 Å². The summed E-state index contributed by atoms with van der Waals surface area (Å²) in [6.07, 6.45) is 0. The van der Waals surface area contributed by atoms with Crippen molar-refractivity contribution in [2.24, 2.45) is 0 Å². The topological polar surface area (TPSA) is 190 Å². The number of carbonyl (C=O) groups is 1. The zero-order valence-corrected chi connectivity index (χ0v) is 17.4. The Hall–Kier alpha value is -3.66. The van der Waals surface area contributed by atoms with E-state index in [0.717, 1.165) is 44.9 Å². The Morgan fingerprint density at radius 3 is 2.35 bits per heavy atom. The molecular weight excluding hydrogens is 422 g/mol. The summed E-state index contributed by atoms with van der Waals surface area (Å²) in [6, 6.07) is 18.0. The number of rotatable bonds is 3. The van der Waals surface area contributed by atoms with E-state index < -0.39 is 5.97 Å².